The van der Waals surface area contributed by atoms with Crippen LogP contribution in [0.3, 0.4) is 0 Å². The number of halogens is 3. The molecule has 0 amide bonds. The molecular weight excluding hydrogens is 286 g/mol. The third-order valence-electron chi connectivity index (χ3n) is 2.85. The molecule has 0 fully saturated rings. The van der Waals surface area contributed by atoms with Gasteiger partial charge in [0.1, 0.15) is 17.3 Å². The van der Waals surface area contributed by atoms with Crippen LogP contribution in [0.25, 0.3) is 0 Å². The fourth-order valence-electron chi connectivity index (χ4n) is 1.86. The van der Waals surface area contributed by atoms with E-state index in [1.807, 2.05) is 26.0 Å². The van der Waals surface area contributed by atoms with Crippen LogP contribution in [-0.2, 0) is 5.88 Å². The smallest absolute Gasteiger partial charge is 0.134 e. The molecule has 0 unspecified atom stereocenters. The molecule has 100 valence electrons. The van der Waals surface area contributed by atoms with E-state index in [2.05, 4.69) is 0 Å². The van der Waals surface area contributed by atoms with Gasteiger partial charge in [0.15, 0.2) is 0 Å². The summed E-state index contributed by atoms with van der Waals surface area (Å²) in [5.41, 5.74) is 2.19. The Bertz CT molecular complexity index is 588. The summed E-state index contributed by atoms with van der Waals surface area (Å²) in [6.07, 6.45) is 0. The number of hydrogen-bond acceptors (Lipinski definition) is 1. The van der Waals surface area contributed by atoms with E-state index >= 15 is 0 Å². The van der Waals surface area contributed by atoms with Crippen LogP contribution < -0.4 is 4.74 Å². The first-order valence-electron chi connectivity index (χ1n) is 5.81. The van der Waals surface area contributed by atoms with Crippen LogP contribution in [-0.4, -0.2) is 0 Å². The zero-order valence-electron chi connectivity index (χ0n) is 10.6. The Hall–Kier alpha value is -1.25. The molecule has 0 saturated heterocycles. The highest BCUT2D eigenvalue weighted by Crippen LogP contribution is 2.32. The van der Waals surface area contributed by atoms with Crippen molar-refractivity contribution in [1.29, 1.82) is 0 Å². The normalized spacial score (nSPS) is 10.6. The molecule has 0 N–H and O–H groups in total. The lowest BCUT2D eigenvalue weighted by molar-refractivity contribution is 0.469. The van der Waals surface area contributed by atoms with E-state index in [4.69, 9.17) is 27.9 Å². The molecule has 2 aromatic rings. The van der Waals surface area contributed by atoms with Gasteiger partial charge in [0.25, 0.3) is 0 Å². The number of aryl methyl sites for hydroxylation is 2. The molecule has 0 aliphatic carbocycles. The summed E-state index contributed by atoms with van der Waals surface area (Å²) in [6.45, 7) is 3.80. The Labute approximate surface area is 121 Å². The Kier molecular flexibility index (Phi) is 4.33. The van der Waals surface area contributed by atoms with Crippen molar-refractivity contribution in [2.45, 2.75) is 19.7 Å². The Morgan fingerprint density at radius 2 is 1.79 bits per heavy atom. The van der Waals surface area contributed by atoms with E-state index < -0.39 is 0 Å². The summed E-state index contributed by atoms with van der Waals surface area (Å²) in [7, 11) is 0. The standard InChI is InChI=1S/C15H13Cl2FO/c1-9-6-11(7-10(2)15(9)17)19-14-5-3-4-13(18)12(14)8-16/h3-7H,8H2,1-2H3. The Balaban J connectivity index is 2.39. The third kappa shape index (κ3) is 3.02. The minimum atomic E-state index is -0.366. The topological polar surface area (TPSA) is 9.23 Å². The van der Waals surface area contributed by atoms with Crippen LogP contribution in [0, 0.1) is 19.7 Å². The minimum absolute atomic E-state index is 0.0631. The van der Waals surface area contributed by atoms with Crippen molar-refractivity contribution >= 4 is 23.2 Å². The lowest BCUT2D eigenvalue weighted by atomic mass is 10.1. The van der Waals surface area contributed by atoms with Crippen molar-refractivity contribution in [1.82, 2.24) is 0 Å². The van der Waals surface area contributed by atoms with Gasteiger partial charge in [-0.2, -0.15) is 0 Å². The van der Waals surface area contributed by atoms with Crippen molar-refractivity contribution in [2.75, 3.05) is 0 Å². The second-order valence-corrected chi connectivity index (χ2v) is 4.97. The van der Waals surface area contributed by atoms with Crippen LogP contribution >= 0.6 is 23.2 Å². The summed E-state index contributed by atoms with van der Waals surface area (Å²) < 4.78 is 19.3. The summed E-state index contributed by atoms with van der Waals surface area (Å²) in [6, 6.07) is 8.29. The zero-order valence-corrected chi connectivity index (χ0v) is 12.1. The number of hydrogen-bond donors (Lipinski definition) is 0. The van der Waals surface area contributed by atoms with Crippen molar-refractivity contribution in [3.05, 3.63) is 57.9 Å². The van der Waals surface area contributed by atoms with E-state index in [9.17, 15) is 4.39 Å². The second kappa shape index (κ2) is 5.81. The summed E-state index contributed by atoms with van der Waals surface area (Å²) in [5.74, 6) is 0.746. The average Bonchev–Trinajstić information content (AvgIpc) is 2.36. The molecule has 0 bridgehead atoms. The van der Waals surface area contributed by atoms with E-state index in [0.29, 0.717) is 22.1 Å². The lowest BCUT2D eigenvalue weighted by Crippen LogP contribution is -1.94. The van der Waals surface area contributed by atoms with Gasteiger partial charge in [-0.1, -0.05) is 17.7 Å². The van der Waals surface area contributed by atoms with E-state index in [1.54, 1.807) is 12.1 Å². The molecule has 0 saturated carbocycles. The van der Waals surface area contributed by atoms with E-state index in [-0.39, 0.29) is 11.7 Å². The molecular formula is C15H13Cl2FO. The molecule has 0 spiro atoms. The van der Waals surface area contributed by atoms with Crippen molar-refractivity contribution in [3.63, 3.8) is 0 Å². The lowest BCUT2D eigenvalue weighted by Gasteiger charge is -2.12. The first-order chi connectivity index (χ1) is 9.02. The molecule has 0 aromatic heterocycles. The maximum atomic E-state index is 13.6. The summed E-state index contributed by atoms with van der Waals surface area (Å²) >= 11 is 11.8. The van der Waals surface area contributed by atoms with Gasteiger partial charge >= 0.3 is 0 Å². The fraction of sp³-hybridized carbons (Fsp3) is 0.200. The van der Waals surface area contributed by atoms with Gasteiger partial charge in [0.2, 0.25) is 0 Å². The van der Waals surface area contributed by atoms with Crippen LogP contribution in [0.15, 0.2) is 30.3 Å². The SMILES string of the molecule is Cc1cc(Oc2cccc(F)c2CCl)cc(C)c1Cl. The maximum Gasteiger partial charge on any atom is 0.134 e. The highest BCUT2D eigenvalue weighted by Gasteiger charge is 2.10. The quantitative estimate of drug-likeness (QED) is 0.668. The van der Waals surface area contributed by atoms with Gasteiger partial charge in [0.05, 0.1) is 5.88 Å². The molecule has 2 rings (SSSR count). The molecule has 0 aliphatic rings. The molecule has 0 radical (unpaired) electrons. The highest BCUT2D eigenvalue weighted by atomic mass is 35.5. The van der Waals surface area contributed by atoms with Crippen LogP contribution in [0.2, 0.25) is 5.02 Å². The van der Waals surface area contributed by atoms with Crippen LogP contribution in [0.1, 0.15) is 16.7 Å². The first kappa shape index (κ1) is 14.2. The van der Waals surface area contributed by atoms with Crippen LogP contribution in [0.4, 0.5) is 4.39 Å². The molecule has 0 heterocycles. The first-order valence-corrected chi connectivity index (χ1v) is 6.72. The maximum absolute atomic E-state index is 13.6. The van der Waals surface area contributed by atoms with Crippen molar-refractivity contribution in [3.8, 4) is 11.5 Å². The summed E-state index contributed by atoms with van der Waals surface area (Å²) in [5, 5.41) is 0.712. The molecule has 2 aromatic carbocycles. The Morgan fingerprint density at radius 3 is 2.37 bits per heavy atom. The van der Waals surface area contributed by atoms with E-state index in [1.165, 1.54) is 6.07 Å². The third-order valence-corrected chi connectivity index (χ3v) is 3.71. The molecule has 0 atom stereocenters. The monoisotopic (exact) mass is 298 g/mol. The average molecular weight is 299 g/mol. The van der Waals surface area contributed by atoms with Gasteiger partial charge in [0, 0.05) is 10.6 Å². The number of rotatable bonds is 3. The van der Waals surface area contributed by atoms with Crippen molar-refractivity contribution < 1.29 is 9.13 Å². The largest absolute Gasteiger partial charge is 0.457 e. The van der Waals surface area contributed by atoms with Gasteiger partial charge in [-0.3, -0.25) is 0 Å². The van der Waals surface area contributed by atoms with Crippen molar-refractivity contribution in [2.24, 2.45) is 0 Å². The number of ether oxygens (including phenoxy) is 1. The van der Waals surface area contributed by atoms with Gasteiger partial charge in [-0.15, -0.1) is 11.6 Å². The zero-order chi connectivity index (χ0) is 14.0. The molecule has 1 nitrogen and oxygen atoms in total. The summed E-state index contributed by atoms with van der Waals surface area (Å²) in [4.78, 5) is 0. The van der Waals surface area contributed by atoms with Gasteiger partial charge in [-0.25, -0.2) is 4.39 Å². The van der Waals surface area contributed by atoms with Gasteiger partial charge < -0.3 is 4.74 Å². The Morgan fingerprint density at radius 1 is 1.16 bits per heavy atom. The minimum Gasteiger partial charge on any atom is -0.457 e. The van der Waals surface area contributed by atoms with E-state index in [0.717, 1.165) is 11.1 Å². The fourth-order valence-corrected chi connectivity index (χ4v) is 2.22. The predicted octanol–water partition coefficient (Wildman–Crippen LogP) is 5.63. The highest BCUT2D eigenvalue weighted by molar-refractivity contribution is 6.32. The molecule has 19 heavy (non-hydrogen) atoms. The molecule has 4 heteroatoms. The van der Waals surface area contributed by atoms with Gasteiger partial charge in [-0.05, 0) is 49.2 Å². The second-order valence-electron chi connectivity index (χ2n) is 4.32. The number of benzene rings is 2. The van der Waals surface area contributed by atoms with Crippen LogP contribution in [0.5, 0.6) is 11.5 Å². The molecule has 0 aliphatic heterocycles. The number of alkyl halides is 1. The predicted molar refractivity (Wildman–Crippen MR) is 77.0 cm³/mol.